The second-order valence-corrected chi connectivity index (χ2v) is 7.94. The molecule has 1 unspecified atom stereocenters. The van der Waals surface area contributed by atoms with Gasteiger partial charge in [-0.3, -0.25) is 0 Å². The lowest BCUT2D eigenvalue weighted by atomic mass is 9.97. The minimum atomic E-state index is -0.180. The highest BCUT2D eigenvalue weighted by molar-refractivity contribution is 6.30. The zero-order chi connectivity index (χ0) is 21.1. The minimum Gasteiger partial charge on any atom is -0.334 e. The highest BCUT2D eigenvalue weighted by Crippen LogP contribution is 2.26. The topological polar surface area (TPSA) is 72.2 Å². The van der Waals surface area contributed by atoms with E-state index in [2.05, 4.69) is 10.4 Å². The molecule has 3 aromatic rings. The molecule has 1 aliphatic rings. The number of rotatable bonds is 4. The summed E-state index contributed by atoms with van der Waals surface area (Å²) in [4.78, 5) is 27.2. The molecule has 1 atom stereocenters. The fraction of sp³-hybridized carbons (Fsp3) is 0.318. The van der Waals surface area contributed by atoms with Gasteiger partial charge in [0, 0.05) is 37.6 Å². The zero-order valence-corrected chi connectivity index (χ0v) is 17.5. The predicted octanol–water partition coefficient (Wildman–Crippen LogP) is 3.31. The lowest BCUT2D eigenvalue weighted by Gasteiger charge is -2.32. The molecule has 0 bridgehead atoms. The van der Waals surface area contributed by atoms with Crippen molar-refractivity contribution in [3.05, 3.63) is 81.5 Å². The molecule has 1 aliphatic heterocycles. The van der Waals surface area contributed by atoms with Gasteiger partial charge in [0.05, 0.1) is 5.69 Å². The van der Waals surface area contributed by atoms with E-state index in [0.29, 0.717) is 30.5 Å². The van der Waals surface area contributed by atoms with Crippen molar-refractivity contribution in [2.45, 2.75) is 25.3 Å². The number of carbonyl (C=O) groups excluding carboxylic acids is 1. The van der Waals surface area contributed by atoms with E-state index < -0.39 is 0 Å². The second-order valence-electron chi connectivity index (χ2n) is 7.51. The Kier molecular flexibility index (Phi) is 5.90. The summed E-state index contributed by atoms with van der Waals surface area (Å²) in [6.07, 6.45) is 1.74. The summed E-state index contributed by atoms with van der Waals surface area (Å²) < 4.78 is 3.02. The summed E-state index contributed by atoms with van der Waals surface area (Å²) in [5.74, 6) is 0.693. The Morgan fingerprint density at radius 1 is 1.17 bits per heavy atom. The van der Waals surface area contributed by atoms with Crippen LogP contribution in [0.4, 0.5) is 4.79 Å². The fourth-order valence-corrected chi connectivity index (χ4v) is 3.96. The van der Waals surface area contributed by atoms with Crippen molar-refractivity contribution in [2.75, 3.05) is 13.1 Å². The summed E-state index contributed by atoms with van der Waals surface area (Å²) >= 11 is 5.91. The summed E-state index contributed by atoms with van der Waals surface area (Å²) in [6.45, 7) is 1.65. The first-order valence-corrected chi connectivity index (χ1v) is 10.4. The Bertz CT molecular complexity index is 1080. The number of nitrogens with one attached hydrogen (secondary N) is 1. The normalized spacial score (nSPS) is 16.5. The number of hydrogen-bond donors (Lipinski definition) is 1. The van der Waals surface area contributed by atoms with Crippen molar-refractivity contribution in [3.63, 3.8) is 0 Å². The summed E-state index contributed by atoms with van der Waals surface area (Å²) in [6, 6.07) is 16.8. The molecule has 1 fully saturated rings. The molecule has 2 aromatic carbocycles. The first-order chi connectivity index (χ1) is 14.5. The number of para-hydroxylation sites is 1. The van der Waals surface area contributed by atoms with Crippen LogP contribution in [-0.2, 0) is 13.6 Å². The summed E-state index contributed by atoms with van der Waals surface area (Å²) in [5, 5.41) is 8.15. The van der Waals surface area contributed by atoms with Gasteiger partial charge < -0.3 is 10.2 Å². The fourth-order valence-electron chi connectivity index (χ4n) is 3.83. The molecule has 2 amide bonds. The molecule has 7 nitrogen and oxygen atoms in total. The van der Waals surface area contributed by atoms with Crippen LogP contribution in [0.2, 0.25) is 5.02 Å². The van der Waals surface area contributed by atoms with E-state index in [-0.39, 0.29) is 17.6 Å². The number of nitrogens with zero attached hydrogens (tertiary/aromatic N) is 4. The van der Waals surface area contributed by atoms with E-state index in [4.69, 9.17) is 11.6 Å². The first-order valence-electron chi connectivity index (χ1n) is 10.0. The third-order valence-electron chi connectivity index (χ3n) is 5.39. The van der Waals surface area contributed by atoms with Crippen molar-refractivity contribution < 1.29 is 4.79 Å². The Morgan fingerprint density at radius 3 is 2.63 bits per heavy atom. The standard InChI is InChI=1S/C22H24ClN5O2/c1-26-22(30)28(19-7-3-2-4-8-19)20(25-26)17-6-5-13-27(15-17)21(29)24-14-16-9-11-18(23)12-10-16/h2-4,7-12,17H,5-6,13-15H2,1H3,(H,24,29). The molecule has 2 heterocycles. The summed E-state index contributed by atoms with van der Waals surface area (Å²) in [5.41, 5.74) is 1.60. The third-order valence-corrected chi connectivity index (χ3v) is 5.65. The quantitative estimate of drug-likeness (QED) is 0.697. The molecule has 0 saturated carbocycles. The van der Waals surface area contributed by atoms with Gasteiger partial charge in [0.15, 0.2) is 0 Å². The van der Waals surface area contributed by atoms with E-state index in [1.54, 1.807) is 16.5 Å². The van der Waals surface area contributed by atoms with E-state index in [0.717, 1.165) is 24.1 Å². The number of likely N-dealkylation sites (tertiary alicyclic amines) is 1. The Morgan fingerprint density at radius 2 is 1.90 bits per heavy atom. The molecule has 1 N–H and O–H groups in total. The van der Waals surface area contributed by atoms with Gasteiger partial charge in [-0.1, -0.05) is 41.9 Å². The van der Waals surface area contributed by atoms with Crippen molar-refractivity contribution in [1.82, 2.24) is 24.6 Å². The van der Waals surface area contributed by atoms with Gasteiger partial charge in [0.1, 0.15) is 5.82 Å². The van der Waals surface area contributed by atoms with Crippen LogP contribution in [-0.4, -0.2) is 38.4 Å². The maximum absolute atomic E-state index is 12.7. The van der Waals surface area contributed by atoms with Crippen molar-refractivity contribution >= 4 is 17.6 Å². The van der Waals surface area contributed by atoms with E-state index in [9.17, 15) is 9.59 Å². The van der Waals surface area contributed by atoms with Crippen molar-refractivity contribution in [2.24, 2.45) is 7.05 Å². The third kappa shape index (κ3) is 4.26. The number of aryl methyl sites for hydroxylation is 1. The van der Waals surface area contributed by atoms with Crippen LogP contribution in [0.15, 0.2) is 59.4 Å². The molecule has 1 aromatic heterocycles. The monoisotopic (exact) mass is 425 g/mol. The minimum absolute atomic E-state index is 0.00543. The highest BCUT2D eigenvalue weighted by Gasteiger charge is 2.29. The van der Waals surface area contributed by atoms with E-state index in [1.165, 1.54) is 4.68 Å². The zero-order valence-electron chi connectivity index (χ0n) is 16.8. The van der Waals surface area contributed by atoms with Crippen molar-refractivity contribution in [1.29, 1.82) is 0 Å². The number of amides is 2. The molecule has 30 heavy (non-hydrogen) atoms. The molecule has 1 saturated heterocycles. The lowest BCUT2D eigenvalue weighted by molar-refractivity contribution is 0.177. The molecular weight excluding hydrogens is 402 g/mol. The number of urea groups is 1. The SMILES string of the molecule is Cn1nc(C2CCCN(C(=O)NCc3ccc(Cl)cc3)C2)n(-c2ccccc2)c1=O. The van der Waals surface area contributed by atoms with Crippen LogP contribution in [0.3, 0.4) is 0 Å². The number of aromatic nitrogens is 3. The lowest BCUT2D eigenvalue weighted by Crippen LogP contribution is -2.45. The summed E-state index contributed by atoms with van der Waals surface area (Å²) in [7, 11) is 1.66. The van der Waals surface area contributed by atoms with Crippen LogP contribution in [0.1, 0.15) is 30.1 Å². The molecule has 4 rings (SSSR count). The average molecular weight is 426 g/mol. The van der Waals surface area contributed by atoms with Crippen molar-refractivity contribution in [3.8, 4) is 5.69 Å². The largest absolute Gasteiger partial charge is 0.350 e. The number of hydrogen-bond acceptors (Lipinski definition) is 3. The number of piperidine rings is 1. The van der Waals surface area contributed by atoms with E-state index in [1.807, 2.05) is 54.6 Å². The van der Waals surface area contributed by atoms with Crippen LogP contribution in [0, 0.1) is 0 Å². The molecular formula is C22H24ClN5O2. The maximum Gasteiger partial charge on any atom is 0.350 e. The van der Waals surface area contributed by atoms with Crippen LogP contribution in [0.25, 0.3) is 5.69 Å². The molecule has 8 heteroatoms. The molecule has 0 aliphatic carbocycles. The maximum atomic E-state index is 12.7. The van der Waals surface area contributed by atoms with Crippen LogP contribution >= 0.6 is 11.6 Å². The number of benzene rings is 2. The van der Waals surface area contributed by atoms with Crippen LogP contribution < -0.4 is 11.0 Å². The number of halogens is 1. The second kappa shape index (κ2) is 8.75. The van der Waals surface area contributed by atoms with Crippen LogP contribution in [0.5, 0.6) is 0 Å². The predicted molar refractivity (Wildman–Crippen MR) is 116 cm³/mol. The highest BCUT2D eigenvalue weighted by atomic mass is 35.5. The Balaban J connectivity index is 1.49. The van der Waals surface area contributed by atoms with Gasteiger partial charge in [-0.2, -0.15) is 5.10 Å². The Labute approximate surface area is 179 Å². The van der Waals surface area contributed by atoms with E-state index >= 15 is 0 Å². The van der Waals surface area contributed by atoms with Gasteiger partial charge in [-0.25, -0.2) is 18.8 Å². The number of carbonyl (C=O) groups is 1. The average Bonchev–Trinajstić information content (AvgIpc) is 3.08. The van der Waals surface area contributed by atoms with Gasteiger partial charge in [0.25, 0.3) is 0 Å². The smallest absolute Gasteiger partial charge is 0.334 e. The Hall–Kier alpha value is -3.06. The first kappa shape index (κ1) is 20.2. The van der Waals surface area contributed by atoms with Gasteiger partial charge in [0.2, 0.25) is 0 Å². The molecule has 0 spiro atoms. The molecule has 0 radical (unpaired) electrons. The van der Waals surface area contributed by atoms with Gasteiger partial charge in [-0.15, -0.1) is 0 Å². The molecule has 156 valence electrons. The van der Waals surface area contributed by atoms with Gasteiger partial charge >= 0.3 is 11.7 Å². The van der Waals surface area contributed by atoms with Gasteiger partial charge in [-0.05, 0) is 42.7 Å².